The van der Waals surface area contributed by atoms with Crippen molar-refractivity contribution in [2.75, 3.05) is 11.9 Å². The molecule has 2 aromatic heterocycles. The molecule has 0 unspecified atom stereocenters. The molecule has 0 bridgehead atoms. The van der Waals surface area contributed by atoms with Crippen LogP contribution in [0.5, 0.6) is 0 Å². The number of anilines is 2. The Morgan fingerprint density at radius 2 is 1.88 bits per heavy atom. The van der Waals surface area contributed by atoms with Crippen molar-refractivity contribution in [3.05, 3.63) is 71.7 Å². The zero-order valence-electron chi connectivity index (χ0n) is 14.2. The molecule has 0 aliphatic carbocycles. The first kappa shape index (κ1) is 16.2. The Balaban J connectivity index is 1.98. The van der Waals surface area contributed by atoms with Crippen molar-refractivity contribution in [3.8, 4) is 10.4 Å². The predicted octanol–water partition coefficient (Wildman–Crippen LogP) is 4.47. The Morgan fingerprint density at radius 3 is 2.58 bits per heavy atom. The van der Waals surface area contributed by atoms with Crippen molar-refractivity contribution in [2.45, 2.75) is 0 Å². The number of thiophene rings is 1. The maximum absolute atomic E-state index is 8.27. The third kappa shape index (κ3) is 2.70. The zero-order chi connectivity index (χ0) is 18.1. The fourth-order valence-electron chi connectivity index (χ4n) is 3.00. The Labute approximate surface area is 154 Å². The van der Waals surface area contributed by atoms with Gasteiger partial charge in [-0.05, 0) is 41.3 Å². The highest BCUT2D eigenvalue weighted by Gasteiger charge is 2.14. The molecule has 6 heteroatoms. The van der Waals surface area contributed by atoms with Gasteiger partial charge in [-0.2, -0.15) is 4.98 Å². The zero-order valence-corrected chi connectivity index (χ0v) is 15.0. The van der Waals surface area contributed by atoms with Gasteiger partial charge in [-0.25, -0.2) is 0 Å². The third-order valence-electron chi connectivity index (χ3n) is 4.33. The first-order chi connectivity index (χ1) is 12.7. The number of fused-ring (bicyclic) bond motifs is 1. The van der Waals surface area contributed by atoms with Crippen LogP contribution in [0.15, 0.2) is 66.0 Å². The number of nitrogens with one attached hydrogen (secondary N) is 2. The minimum absolute atomic E-state index is 0.0358. The molecule has 2 N–H and O–H groups in total. The van der Waals surface area contributed by atoms with E-state index in [1.165, 1.54) is 4.57 Å². The van der Waals surface area contributed by atoms with Crippen LogP contribution in [0.2, 0.25) is 0 Å². The maximum atomic E-state index is 8.27. The van der Waals surface area contributed by atoms with Gasteiger partial charge >= 0.3 is 0 Å². The second kappa shape index (κ2) is 6.57. The molecule has 0 aliphatic rings. The molecule has 0 fully saturated rings. The van der Waals surface area contributed by atoms with Gasteiger partial charge in [0.15, 0.2) is 0 Å². The van der Waals surface area contributed by atoms with Crippen molar-refractivity contribution in [1.82, 2.24) is 9.55 Å². The molecule has 0 aliphatic heterocycles. The van der Waals surface area contributed by atoms with Crippen LogP contribution in [0.3, 0.4) is 0 Å². The van der Waals surface area contributed by atoms with Gasteiger partial charge in [-0.15, -0.1) is 11.3 Å². The van der Waals surface area contributed by atoms with E-state index in [0.717, 1.165) is 33.4 Å². The van der Waals surface area contributed by atoms with Crippen molar-refractivity contribution in [1.29, 1.82) is 10.8 Å². The van der Waals surface area contributed by atoms with Gasteiger partial charge < -0.3 is 4.90 Å². The summed E-state index contributed by atoms with van der Waals surface area (Å²) in [7, 11) is 1.94. The fourth-order valence-corrected chi connectivity index (χ4v) is 3.73. The van der Waals surface area contributed by atoms with E-state index in [4.69, 9.17) is 10.8 Å². The summed E-state index contributed by atoms with van der Waals surface area (Å²) in [5.41, 5.74) is 2.90. The first-order valence-electron chi connectivity index (χ1n) is 8.13. The molecule has 4 rings (SSSR count). The highest BCUT2D eigenvalue weighted by Crippen LogP contribution is 2.32. The Morgan fingerprint density at radius 1 is 1.08 bits per heavy atom. The summed E-state index contributed by atoms with van der Waals surface area (Å²) >= 11 is 1.67. The van der Waals surface area contributed by atoms with Crippen LogP contribution < -0.4 is 10.5 Å². The van der Waals surface area contributed by atoms with Crippen LogP contribution in [-0.2, 0) is 0 Å². The molecule has 0 radical (unpaired) electrons. The molecule has 0 saturated carbocycles. The second-order valence-electron chi connectivity index (χ2n) is 5.86. The summed E-state index contributed by atoms with van der Waals surface area (Å²) in [5.74, 6) is 0.701. The first-order valence-corrected chi connectivity index (χ1v) is 9.01. The van der Waals surface area contributed by atoms with Gasteiger partial charge in [0, 0.05) is 23.0 Å². The quantitative estimate of drug-likeness (QED) is 0.417. The third-order valence-corrected chi connectivity index (χ3v) is 5.25. The van der Waals surface area contributed by atoms with Crippen LogP contribution in [-0.4, -0.2) is 22.9 Å². The summed E-state index contributed by atoms with van der Waals surface area (Å²) in [6.07, 6.45) is 1.14. The lowest BCUT2D eigenvalue weighted by Gasteiger charge is -2.21. The number of nitrogens with zero attached hydrogens (tertiary/aromatic N) is 3. The second-order valence-corrected chi connectivity index (χ2v) is 6.81. The highest BCUT2D eigenvalue weighted by atomic mass is 32.1. The molecular formula is C20H17N5S. The molecule has 2 aromatic carbocycles. The van der Waals surface area contributed by atoms with Crippen LogP contribution in [0.25, 0.3) is 21.3 Å². The van der Waals surface area contributed by atoms with E-state index >= 15 is 0 Å². The Kier molecular flexibility index (Phi) is 4.10. The minimum Gasteiger partial charge on any atom is -0.329 e. The lowest BCUT2D eigenvalue weighted by atomic mass is 10.1. The summed E-state index contributed by atoms with van der Waals surface area (Å²) in [5, 5.41) is 18.9. The molecule has 4 aromatic rings. The van der Waals surface area contributed by atoms with E-state index in [1.807, 2.05) is 65.9 Å². The number of hydrogen-bond donors (Lipinski definition) is 2. The fraction of sp³-hybridized carbons (Fsp3) is 0.0500. The normalized spacial score (nSPS) is 10.8. The van der Waals surface area contributed by atoms with Crippen molar-refractivity contribution >= 4 is 40.1 Å². The van der Waals surface area contributed by atoms with Crippen molar-refractivity contribution in [2.24, 2.45) is 0 Å². The van der Waals surface area contributed by atoms with Crippen LogP contribution >= 0.6 is 11.3 Å². The van der Waals surface area contributed by atoms with Crippen LogP contribution in [0, 0.1) is 10.8 Å². The van der Waals surface area contributed by atoms with Crippen LogP contribution in [0.4, 0.5) is 11.5 Å². The number of para-hydroxylation sites is 1. The molecule has 5 nitrogen and oxygen atoms in total. The average molecular weight is 359 g/mol. The number of rotatable bonds is 4. The van der Waals surface area contributed by atoms with Crippen LogP contribution in [0.1, 0.15) is 0 Å². The largest absolute Gasteiger partial charge is 0.329 e. The van der Waals surface area contributed by atoms with Gasteiger partial charge in [0.05, 0.1) is 11.9 Å². The summed E-state index contributed by atoms with van der Waals surface area (Å²) < 4.78 is 1.49. The molecular weight excluding hydrogens is 342 g/mol. The minimum atomic E-state index is 0.0358. The monoisotopic (exact) mass is 359 g/mol. The van der Waals surface area contributed by atoms with Crippen molar-refractivity contribution in [3.63, 3.8) is 0 Å². The van der Waals surface area contributed by atoms with Gasteiger partial charge in [-0.1, -0.05) is 30.3 Å². The molecule has 0 spiro atoms. The number of aromatic nitrogens is 2. The predicted molar refractivity (Wildman–Crippen MR) is 108 cm³/mol. The summed E-state index contributed by atoms with van der Waals surface area (Å²) in [4.78, 5) is 7.58. The van der Waals surface area contributed by atoms with Crippen molar-refractivity contribution < 1.29 is 0 Å². The SMILES string of the molecule is CN(c1ccccc1)c1nc(=N)n(C=N)c2cc(-c3cccs3)ccc12. The van der Waals surface area contributed by atoms with Gasteiger partial charge in [-0.3, -0.25) is 15.4 Å². The molecule has 2 heterocycles. The summed E-state index contributed by atoms with van der Waals surface area (Å²) in [6.45, 7) is 0. The van der Waals surface area contributed by atoms with E-state index in [0.29, 0.717) is 5.82 Å². The standard InChI is InChI=1S/C20H17N5S/c1-24(15-6-3-2-4-7-15)19-16-10-9-14(18-8-5-11-26-18)12-17(16)25(13-21)20(22)23-19/h2-13,21-22H,1H3. The highest BCUT2D eigenvalue weighted by molar-refractivity contribution is 7.13. The van der Waals surface area contributed by atoms with E-state index in [1.54, 1.807) is 11.3 Å². The Bertz CT molecular complexity index is 1130. The van der Waals surface area contributed by atoms with Gasteiger partial charge in [0.1, 0.15) is 5.82 Å². The molecule has 0 amide bonds. The number of benzene rings is 2. The van der Waals surface area contributed by atoms with E-state index in [9.17, 15) is 0 Å². The maximum Gasteiger partial charge on any atom is 0.229 e. The molecule has 128 valence electrons. The van der Waals surface area contributed by atoms with E-state index in [2.05, 4.69) is 17.1 Å². The summed E-state index contributed by atoms with van der Waals surface area (Å²) in [6, 6.07) is 20.1. The average Bonchev–Trinajstić information content (AvgIpc) is 3.22. The van der Waals surface area contributed by atoms with E-state index in [-0.39, 0.29) is 5.62 Å². The Hall–Kier alpha value is -3.25. The van der Waals surface area contributed by atoms with Gasteiger partial charge in [0.2, 0.25) is 5.62 Å². The molecule has 0 atom stereocenters. The van der Waals surface area contributed by atoms with E-state index < -0.39 is 0 Å². The molecule has 0 saturated heterocycles. The topological polar surface area (TPSA) is 68.8 Å². The lowest BCUT2D eigenvalue weighted by Crippen LogP contribution is -2.26. The number of hydrogen-bond acceptors (Lipinski definition) is 5. The lowest BCUT2D eigenvalue weighted by molar-refractivity contribution is 0.915. The van der Waals surface area contributed by atoms with Gasteiger partial charge in [0.25, 0.3) is 0 Å². The molecule has 26 heavy (non-hydrogen) atoms. The smallest absolute Gasteiger partial charge is 0.229 e.